The monoisotopic (exact) mass is 229 g/mol. The Morgan fingerprint density at radius 1 is 1.24 bits per heavy atom. The summed E-state index contributed by atoms with van der Waals surface area (Å²) < 4.78 is 1.70. The van der Waals surface area contributed by atoms with Crippen LogP contribution in [0.3, 0.4) is 0 Å². The van der Waals surface area contributed by atoms with Gasteiger partial charge in [0.1, 0.15) is 5.78 Å². The lowest BCUT2D eigenvalue weighted by Gasteiger charge is -2.00. The number of nitrogens with zero attached hydrogens (tertiary/aromatic N) is 2. The molecule has 1 aromatic heterocycles. The fraction of sp³-hybridized carbons (Fsp3) is 0.231. The smallest absolute Gasteiger partial charge is 0.143 e. The predicted octanol–water partition coefficient (Wildman–Crippen LogP) is 1.36. The van der Waals surface area contributed by atoms with E-state index in [0.717, 1.165) is 11.3 Å². The normalized spacial score (nSPS) is 10.4. The number of benzene rings is 1. The Labute approximate surface area is 100 Å². The van der Waals surface area contributed by atoms with Crippen LogP contribution in [0.25, 0.3) is 0 Å². The zero-order valence-corrected chi connectivity index (χ0v) is 9.76. The number of rotatable bonds is 4. The van der Waals surface area contributed by atoms with E-state index in [0.29, 0.717) is 18.5 Å². The summed E-state index contributed by atoms with van der Waals surface area (Å²) in [6, 6.07) is 9.24. The van der Waals surface area contributed by atoms with E-state index in [1.165, 1.54) is 0 Å². The highest BCUT2D eigenvalue weighted by molar-refractivity contribution is 5.82. The average molecular weight is 229 g/mol. The summed E-state index contributed by atoms with van der Waals surface area (Å²) in [5, 5.41) is 4.18. The summed E-state index contributed by atoms with van der Waals surface area (Å²) in [4.78, 5) is 11.8. The van der Waals surface area contributed by atoms with E-state index in [1.807, 2.05) is 43.6 Å². The Morgan fingerprint density at radius 2 is 1.94 bits per heavy atom. The van der Waals surface area contributed by atoms with Crippen LogP contribution in [-0.2, 0) is 24.7 Å². The highest BCUT2D eigenvalue weighted by atomic mass is 16.1. The van der Waals surface area contributed by atoms with Gasteiger partial charge in [-0.3, -0.25) is 9.48 Å². The third-order valence-electron chi connectivity index (χ3n) is 2.53. The number of hydrogen-bond acceptors (Lipinski definition) is 3. The van der Waals surface area contributed by atoms with Crippen molar-refractivity contribution in [1.82, 2.24) is 9.78 Å². The number of nitrogen functional groups attached to an aromatic ring is 1. The molecule has 0 aliphatic rings. The second-order valence-corrected chi connectivity index (χ2v) is 4.11. The van der Waals surface area contributed by atoms with E-state index in [1.54, 1.807) is 4.68 Å². The molecule has 4 nitrogen and oxygen atoms in total. The van der Waals surface area contributed by atoms with Crippen LogP contribution in [0.1, 0.15) is 11.3 Å². The maximum absolute atomic E-state index is 11.8. The number of aromatic nitrogens is 2. The largest absolute Gasteiger partial charge is 0.399 e. The second-order valence-electron chi connectivity index (χ2n) is 4.11. The minimum atomic E-state index is 0.161. The van der Waals surface area contributed by atoms with Crippen LogP contribution >= 0.6 is 0 Å². The Morgan fingerprint density at radius 3 is 2.53 bits per heavy atom. The Balaban J connectivity index is 1.95. The zero-order chi connectivity index (χ0) is 12.3. The van der Waals surface area contributed by atoms with Gasteiger partial charge >= 0.3 is 0 Å². The van der Waals surface area contributed by atoms with Gasteiger partial charge in [0.2, 0.25) is 0 Å². The second kappa shape index (κ2) is 4.82. The molecule has 0 amide bonds. The van der Waals surface area contributed by atoms with E-state index in [-0.39, 0.29) is 5.78 Å². The van der Waals surface area contributed by atoms with Crippen molar-refractivity contribution in [2.24, 2.45) is 7.05 Å². The topological polar surface area (TPSA) is 60.9 Å². The molecule has 2 N–H and O–H groups in total. The molecular formula is C13H15N3O. The maximum Gasteiger partial charge on any atom is 0.143 e. The lowest BCUT2D eigenvalue weighted by Crippen LogP contribution is -2.07. The SMILES string of the molecule is Cn1ccc(CC(=O)Cc2ccc(N)cc2)n1. The first kappa shape index (κ1) is 11.4. The van der Waals surface area contributed by atoms with Crippen molar-refractivity contribution in [2.75, 3.05) is 5.73 Å². The van der Waals surface area contributed by atoms with E-state index in [4.69, 9.17) is 5.73 Å². The molecule has 4 heteroatoms. The van der Waals surface area contributed by atoms with Crippen molar-refractivity contribution in [1.29, 1.82) is 0 Å². The van der Waals surface area contributed by atoms with Gasteiger partial charge in [0.05, 0.1) is 12.1 Å². The van der Waals surface area contributed by atoms with Gasteiger partial charge in [0.25, 0.3) is 0 Å². The standard InChI is InChI=1S/C13H15N3O/c1-16-7-6-12(15-16)9-13(17)8-10-2-4-11(14)5-3-10/h2-7H,8-9,14H2,1H3. The Hall–Kier alpha value is -2.10. The number of carbonyl (C=O) groups excluding carboxylic acids is 1. The highest BCUT2D eigenvalue weighted by Crippen LogP contribution is 2.08. The first-order chi connectivity index (χ1) is 8.13. The van der Waals surface area contributed by atoms with Crippen molar-refractivity contribution in [3.63, 3.8) is 0 Å². The summed E-state index contributed by atoms with van der Waals surface area (Å²) in [5.41, 5.74) is 8.10. The molecule has 0 aliphatic heterocycles. The summed E-state index contributed by atoms with van der Waals surface area (Å²) in [5.74, 6) is 0.161. The van der Waals surface area contributed by atoms with E-state index in [2.05, 4.69) is 5.10 Å². The van der Waals surface area contributed by atoms with Gasteiger partial charge in [-0.2, -0.15) is 5.10 Å². The van der Waals surface area contributed by atoms with E-state index in [9.17, 15) is 4.79 Å². The van der Waals surface area contributed by atoms with Crippen LogP contribution in [0, 0.1) is 0 Å². The van der Waals surface area contributed by atoms with Gasteiger partial charge in [0.15, 0.2) is 0 Å². The predicted molar refractivity (Wildman–Crippen MR) is 66.5 cm³/mol. The van der Waals surface area contributed by atoms with Crippen molar-refractivity contribution >= 4 is 11.5 Å². The molecule has 1 heterocycles. The van der Waals surface area contributed by atoms with Crippen molar-refractivity contribution < 1.29 is 4.79 Å². The van der Waals surface area contributed by atoms with Crippen LogP contribution < -0.4 is 5.73 Å². The number of hydrogen-bond donors (Lipinski definition) is 1. The van der Waals surface area contributed by atoms with Gasteiger partial charge in [-0.1, -0.05) is 12.1 Å². The zero-order valence-electron chi connectivity index (χ0n) is 9.76. The molecule has 0 saturated heterocycles. The van der Waals surface area contributed by atoms with Crippen LogP contribution in [0.2, 0.25) is 0 Å². The van der Waals surface area contributed by atoms with Gasteiger partial charge in [-0.05, 0) is 23.8 Å². The third kappa shape index (κ3) is 3.17. The number of anilines is 1. The molecule has 2 rings (SSSR count). The lowest BCUT2D eigenvalue weighted by molar-refractivity contribution is -0.117. The third-order valence-corrected chi connectivity index (χ3v) is 2.53. The first-order valence-corrected chi connectivity index (χ1v) is 5.48. The summed E-state index contributed by atoms with van der Waals surface area (Å²) in [6.45, 7) is 0. The lowest BCUT2D eigenvalue weighted by atomic mass is 10.1. The molecular weight excluding hydrogens is 214 g/mol. The molecule has 0 spiro atoms. The molecule has 17 heavy (non-hydrogen) atoms. The van der Waals surface area contributed by atoms with Crippen molar-refractivity contribution in [2.45, 2.75) is 12.8 Å². The number of nitrogens with two attached hydrogens (primary N) is 1. The molecule has 0 fully saturated rings. The summed E-state index contributed by atoms with van der Waals surface area (Å²) in [7, 11) is 1.84. The average Bonchev–Trinajstić information content (AvgIpc) is 2.67. The van der Waals surface area contributed by atoms with E-state index >= 15 is 0 Å². The molecule has 0 unspecified atom stereocenters. The van der Waals surface area contributed by atoms with Crippen LogP contribution in [0.5, 0.6) is 0 Å². The number of aryl methyl sites for hydroxylation is 1. The minimum Gasteiger partial charge on any atom is -0.399 e. The summed E-state index contributed by atoms with van der Waals surface area (Å²) >= 11 is 0. The Kier molecular flexibility index (Phi) is 3.23. The van der Waals surface area contributed by atoms with Crippen molar-refractivity contribution in [3.05, 3.63) is 47.8 Å². The highest BCUT2D eigenvalue weighted by Gasteiger charge is 2.07. The number of Topliss-reactive ketones (excluding diaryl/α,β-unsaturated/α-hetero) is 1. The molecule has 0 radical (unpaired) electrons. The number of ketones is 1. The van der Waals surface area contributed by atoms with Crippen LogP contribution in [-0.4, -0.2) is 15.6 Å². The summed E-state index contributed by atoms with van der Waals surface area (Å²) in [6.07, 6.45) is 2.65. The molecule has 0 atom stereocenters. The molecule has 0 bridgehead atoms. The van der Waals surface area contributed by atoms with Gasteiger partial charge in [0, 0.05) is 25.4 Å². The van der Waals surface area contributed by atoms with Crippen LogP contribution in [0.4, 0.5) is 5.69 Å². The molecule has 2 aromatic rings. The van der Waals surface area contributed by atoms with E-state index < -0.39 is 0 Å². The van der Waals surface area contributed by atoms with Gasteiger partial charge in [-0.15, -0.1) is 0 Å². The molecule has 1 aromatic carbocycles. The first-order valence-electron chi connectivity index (χ1n) is 5.48. The van der Waals surface area contributed by atoms with Crippen LogP contribution in [0.15, 0.2) is 36.5 Å². The molecule has 88 valence electrons. The minimum absolute atomic E-state index is 0.161. The Bertz CT molecular complexity index is 514. The quantitative estimate of drug-likeness (QED) is 0.805. The molecule has 0 aliphatic carbocycles. The van der Waals surface area contributed by atoms with Gasteiger partial charge in [-0.25, -0.2) is 0 Å². The van der Waals surface area contributed by atoms with Crippen molar-refractivity contribution in [3.8, 4) is 0 Å². The van der Waals surface area contributed by atoms with Gasteiger partial charge < -0.3 is 5.73 Å². The molecule has 0 saturated carbocycles. The fourth-order valence-corrected chi connectivity index (χ4v) is 1.69. The number of carbonyl (C=O) groups is 1. The fourth-order valence-electron chi connectivity index (χ4n) is 1.69. The maximum atomic E-state index is 11.8.